The fourth-order valence-corrected chi connectivity index (χ4v) is 4.62. The summed E-state index contributed by atoms with van der Waals surface area (Å²) in [6.45, 7) is 1.57. The summed E-state index contributed by atoms with van der Waals surface area (Å²) in [5, 5.41) is 15.4. The normalized spacial score (nSPS) is 11.2. The van der Waals surface area contributed by atoms with Crippen molar-refractivity contribution in [2.24, 2.45) is 21.6 Å². The van der Waals surface area contributed by atoms with E-state index in [1.807, 2.05) is 30.3 Å². The number of benzene rings is 1. The van der Waals surface area contributed by atoms with Gasteiger partial charge in [0.25, 0.3) is 5.91 Å². The van der Waals surface area contributed by atoms with Crippen LogP contribution in [0.1, 0.15) is 36.9 Å². The lowest BCUT2D eigenvalue weighted by Crippen LogP contribution is -2.33. The third-order valence-electron chi connectivity index (χ3n) is 4.81. The van der Waals surface area contributed by atoms with Gasteiger partial charge in [-0.25, -0.2) is 0 Å². The van der Waals surface area contributed by atoms with E-state index in [0.29, 0.717) is 31.9 Å². The number of pyridine rings is 1. The van der Waals surface area contributed by atoms with Crippen LogP contribution in [0.3, 0.4) is 0 Å². The van der Waals surface area contributed by atoms with Gasteiger partial charge in [0.15, 0.2) is 5.96 Å². The molecule has 0 radical (unpaired) electrons. The molecule has 34 heavy (non-hydrogen) atoms. The number of halogens is 2. The first-order valence-electron chi connectivity index (χ1n) is 11.0. The Bertz CT molecular complexity index is 959. The predicted octanol–water partition coefficient (Wildman–Crippen LogP) is 3.55. The van der Waals surface area contributed by atoms with Gasteiger partial charge in [-0.05, 0) is 74.5 Å². The topological polar surface area (TPSA) is 148 Å². The van der Waals surface area contributed by atoms with Crippen LogP contribution in [-0.4, -0.2) is 47.5 Å². The summed E-state index contributed by atoms with van der Waals surface area (Å²) in [5.74, 6) is 0.363. The fraction of sp³-hybridized carbons (Fsp3) is 0.391. The average Bonchev–Trinajstić information content (AvgIpc) is 2.81. The number of aliphatic imine (C=N–C) groups is 1. The molecule has 0 saturated carbocycles. The number of hydrogen-bond donors (Lipinski definition) is 4. The zero-order chi connectivity index (χ0) is 24.8. The maximum absolute atomic E-state index is 12.4. The maximum Gasteiger partial charge on any atom is 0.269 e. The highest BCUT2D eigenvalue weighted by molar-refractivity contribution is 9.11. The molecule has 1 aromatic heterocycles. The molecule has 0 aliphatic heterocycles. The van der Waals surface area contributed by atoms with E-state index < -0.39 is 5.91 Å². The Balaban J connectivity index is 1.79. The van der Waals surface area contributed by atoms with Crippen molar-refractivity contribution >= 4 is 49.4 Å². The molecule has 0 spiro atoms. The first-order valence-corrected chi connectivity index (χ1v) is 12.5. The van der Waals surface area contributed by atoms with Crippen LogP contribution >= 0.6 is 31.9 Å². The monoisotopic (exact) mass is 596 g/mol. The quantitative estimate of drug-likeness (QED) is 0.0860. The lowest BCUT2D eigenvalue weighted by molar-refractivity contribution is -0.115. The van der Waals surface area contributed by atoms with Crippen LogP contribution in [0.4, 0.5) is 0 Å². The van der Waals surface area contributed by atoms with Crippen molar-refractivity contribution in [2.75, 3.05) is 19.7 Å². The SMILES string of the molecule is NC(N)=NCCCCCCNC(=O)C(Cc1cc(Br)c(OCCc2ccccn2)c(Br)c1)=NO. The number of aromatic nitrogens is 1. The molecule has 184 valence electrons. The summed E-state index contributed by atoms with van der Waals surface area (Å²) in [6, 6.07) is 9.45. The Hall–Kier alpha value is -2.66. The molecule has 0 unspecified atom stereocenters. The molecule has 0 fully saturated rings. The lowest BCUT2D eigenvalue weighted by atomic mass is 10.1. The molecule has 1 aromatic carbocycles. The second-order valence-corrected chi connectivity index (χ2v) is 9.22. The van der Waals surface area contributed by atoms with Crippen LogP contribution in [-0.2, 0) is 17.6 Å². The van der Waals surface area contributed by atoms with Gasteiger partial charge in [-0.3, -0.25) is 14.8 Å². The van der Waals surface area contributed by atoms with E-state index in [1.165, 1.54) is 0 Å². The van der Waals surface area contributed by atoms with Crippen LogP contribution in [0, 0.1) is 0 Å². The highest BCUT2D eigenvalue weighted by Gasteiger charge is 2.16. The minimum atomic E-state index is -0.397. The molecule has 11 heteroatoms. The summed E-state index contributed by atoms with van der Waals surface area (Å²) < 4.78 is 7.37. The van der Waals surface area contributed by atoms with Crippen LogP contribution in [0.2, 0.25) is 0 Å². The Morgan fingerprint density at radius 3 is 2.50 bits per heavy atom. The van der Waals surface area contributed by atoms with E-state index in [0.717, 1.165) is 45.9 Å². The summed E-state index contributed by atoms with van der Waals surface area (Å²) in [5.41, 5.74) is 12.3. The van der Waals surface area contributed by atoms with Gasteiger partial charge in [0.2, 0.25) is 0 Å². The van der Waals surface area contributed by atoms with Crippen molar-refractivity contribution < 1.29 is 14.7 Å². The lowest BCUT2D eigenvalue weighted by Gasteiger charge is -2.13. The molecule has 1 heterocycles. The number of nitrogens with two attached hydrogens (primary N) is 2. The summed E-state index contributed by atoms with van der Waals surface area (Å²) >= 11 is 7.05. The van der Waals surface area contributed by atoms with Gasteiger partial charge in [0.1, 0.15) is 11.5 Å². The highest BCUT2D eigenvalue weighted by Crippen LogP contribution is 2.35. The van der Waals surface area contributed by atoms with Crippen LogP contribution in [0.5, 0.6) is 5.75 Å². The molecule has 0 atom stereocenters. The molecular weight excluding hydrogens is 568 g/mol. The number of nitrogens with one attached hydrogen (secondary N) is 1. The van der Waals surface area contributed by atoms with Crippen molar-refractivity contribution in [3.8, 4) is 5.75 Å². The minimum Gasteiger partial charge on any atom is -0.491 e. The van der Waals surface area contributed by atoms with E-state index in [9.17, 15) is 10.0 Å². The van der Waals surface area contributed by atoms with Gasteiger partial charge >= 0.3 is 0 Å². The van der Waals surface area contributed by atoms with Gasteiger partial charge in [-0.1, -0.05) is 24.1 Å². The third kappa shape index (κ3) is 10.1. The average molecular weight is 598 g/mol. The Morgan fingerprint density at radius 1 is 1.12 bits per heavy atom. The Kier molecular flexibility index (Phi) is 12.4. The van der Waals surface area contributed by atoms with Crippen molar-refractivity contribution in [3.05, 3.63) is 56.7 Å². The predicted molar refractivity (Wildman–Crippen MR) is 140 cm³/mol. The number of amides is 1. The number of ether oxygens (including phenoxy) is 1. The van der Waals surface area contributed by atoms with Crippen molar-refractivity contribution in [1.82, 2.24) is 10.3 Å². The smallest absolute Gasteiger partial charge is 0.269 e. The van der Waals surface area contributed by atoms with E-state index in [1.54, 1.807) is 6.20 Å². The fourth-order valence-electron chi connectivity index (χ4n) is 3.11. The van der Waals surface area contributed by atoms with Crippen molar-refractivity contribution in [2.45, 2.75) is 38.5 Å². The second-order valence-electron chi connectivity index (χ2n) is 7.51. The van der Waals surface area contributed by atoms with E-state index >= 15 is 0 Å². The van der Waals surface area contributed by atoms with Crippen LogP contribution in [0.15, 0.2) is 55.6 Å². The van der Waals surface area contributed by atoms with Gasteiger partial charge < -0.3 is 26.7 Å². The molecule has 2 rings (SSSR count). The molecule has 0 aliphatic carbocycles. The molecular formula is C23H30Br2N6O3. The largest absolute Gasteiger partial charge is 0.491 e. The molecule has 0 bridgehead atoms. The summed E-state index contributed by atoms with van der Waals surface area (Å²) in [7, 11) is 0. The second kappa shape index (κ2) is 15.3. The molecule has 1 amide bonds. The minimum absolute atomic E-state index is 0.0374. The zero-order valence-electron chi connectivity index (χ0n) is 18.8. The number of unbranched alkanes of at least 4 members (excludes halogenated alkanes) is 3. The van der Waals surface area contributed by atoms with Gasteiger partial charge in [-0.2, -0.15) is 0 Å². The number of carbonyl (C=O) groups is 1. The number of rotatable bonds is 14. The standard InChI is InChI=1S/C23H30Br2N6O3/c24-18-13-16(14-19(25)21(18)34-12-8-17-7-3-6-9-28-17)15-20(31-33)22(32)29-10-4-1-2-5-11-30-23(26)27/h3,6-7,9,13-14,33H,1-2,4-5,8,10-12,15H2,(H,29,32)(H4,26,27,30). The summed E-state index contributed by atoms with van der Waals surface area (Å²) in [4.78, 5) is 20.6. The van der Waals surface area contributed by atoms with Crippen molar-refractivity contribution in [3.63, 3.8) is 0 Å². The highest BCUT2D eigenvalue weighted by atomic mass is 79.9. The number of nitrogens with zero attached hydrogens (tertiary/aromatic N) is 3. The van der Waals surface area contributed by atoms with Crippen LogP contribution in [0.25, 0.3) is 0 Å². The molecule has 9 nitrogen and oxygen atoms in total. The van der Waals surface area contributed by atoms with Gasteiger partial charge in [0, 0.05) is 37.8 Å². The van der Waals surface area contributed by atoms with E-state index in [2.05, 4.69) is 52.3 Å². The van der Waals surface area contributed by atoms with E-state index in [-0.39, 0.29) is 18.1 Å². The number of hydrogen-bond acceptors (Lipinski definition) is 6. The number of guanidine groups is 1. The van der Waals surface area contributed by atoms with Gasteiger partial charge in [-0.15, -0.1) is 0 Å². The molecule has 0 aliphatic rings. The Labute approximate surface area is 216 Å². The summed E-state index contributed by atoms with van der Waals surface area (Å²) in [6.07, 6.45) is 6.21. The van der Waals surface area contributed by atoms with E-state index in [4.69, 9.17) is 16.2 Å². The Morgan fingerprint density at radius 2 is 1.85 bits per heavy atom. The van der Waals surface area contributed by atoms with Gasteiger partial charge in [0.05, 0.1) is 15.6 Å². The first kappa shape index (κ1) is 27.6. The third-order valence-corrected chi connectivity index (χ3v) is 5.99. The molecule has 0 saturated heterocycles. The molecule has 2 aromatic rings. The first-order chi connectivity index (χ1) is 16.4. The van der Waals surface area contributed by atoms with Crippen LogP contribution < -0.4 is 21.5 Å². The maximum atomic E-state index is 12.4. The zero-order valence-corrected chi connectivity index (χ0v) is 22.0. The number of oxime groups is 1. The molecule has 6 N–H and O–H groups in total. The number of carbonyl (C=O) groups excluding carboxylic acids is 1. The van der Waals surface area contributed by atoms with Crippen molar-refractivity contribution in [1.29, 1.82) is 0 Å².